The predicted molar refractivity (Wildman–Crippen MR) is 90.3 cm³/mol. The van der Waals surface area contributed by atoms with Crippen molar-refractivity contribution in [1.82, 2.24) is 14.9 Å². The van der Waals surface area contributed by atoms with Crippen LogP contribution in [0.1, 0.15) is 28.9 Å². The molecule has 3 rings (SSSR count). The van der Waals surface area contributed by atoms with Crippen molar-refractivity contribution < 1.29 is 13.2 Å². The molecule has 0 saturated carbocycles. The summed E-state index contributed by atoms with van der Waals surface area (Å²) in [5, 5.41) is 6.61. The number of sulfonamides is 1. The first-order chi connectivity index (χ1) is 11.3. The van der Waals surface area contributed by atoms with Gasteiger partial charge in [-0.3, -0.25) is 9.89 Å². The van der Waals surface area contributed by atoms with Crippen molar-refractivity contribution in [2.75, 3.05) is 11.9 Å². The molecule has 24 heavy (non-hydrogen) atoms. The van der Waals surface area contributed by atoms with E-state index in [1.54, 1.807) is 25.8 Å². The first-order valence-electron chi connectivity index (χ1n) is 7.69. The summed E-state index contributed by atoms with van der Waals surface area (Å²) in [6.07, 6.45) is 1.16. The van der Waals surface area contributed by atoms with Crippen LogP contribution in [0.2, 0.25) is 0 Å². The summed E-state index contributed by atoms with van der Waals surface area (Å²) in [5.74, 6) is 0.0989. The van der Waals surface area contributed by atoms with Gasteiger partial charge in [0.2, 0.25) is 15.9 Å². The van der Waals surface area contributed by atoms with Gasteiger partial charge in [-0.25, -0.2) is 13.1 Å². The maximum absolute atomic E-state index is 12.5. The fourth-order valence-corrected chi connectivity index (χ4v) is 4.39. The second-order valence-corrected chi connectivity index (χ2v) is 7.71. The topological polar surface area (TPSA) is 95.2 Å². The van der Waals surface area contributed by atoms with E-state index in [4.69, 9.17) is 0 Å². The van der Waals surface area contributed by atoms with Crippen LogP contribution >= 0.6 is 0 Å². The molecule has 0 unspecified atom stereocenters. The molecule has 2 heterocycles. The lowest BCUT2D eigenvalue weighted by molar-refractivity contribution is -0.118. The number of rotatable bonds is 4. The van der Waals surface area contributed by atoms with Gasteiger partial charge in [0.15, 0.2) is 0 Å². The molecule has 8 heteroatoms. The molecule has 0 fully saturated rings. The average Bonchev–Trinajstić information content (AvgIpc) is 2.88. The number of aromatic nitrogens is 2. The predicted octanol–water partition coefficient (Wildman–Crippen LogP) is 1.41. The Morgan fingerprint density at radius 3 is 2.71 bits per heavy atom. The van der Waals surface area contributed by atoms with E-state index in [-0.39, 0.29) is 17.3 Å². The normalized spacial score (nSPS) is 14.8. The maximum atomic E-state index is 12.5. The lowest BCUT2D eigenvalue weighted by Gasteiger charge is -2.26. The lowest BCUT2D eigenvalue weighted by Crippen LogP contribution is -2.31. The van der Waals surface area contributed by atoms with E-state index in [1.165, 1.54) is 0 Å². The van der Waals surface area contributed by atoms with Crippen LogP contribution in [-0.4, -0.2) is 31.6 Å². The number of amides is 1. The number of hydrogen-bond donors (Lipinski definition) is 2. The third-order valence-electron chi connectivity index (χ3n) is 4.28. The molecule has 1 aromatic heterocycles. The Bertz CT molecular complexity index is 883. The number of aryl methyl sites for hydroxylation is 3. The van der Waals surface area contributed by atoms with Gasteiger partial charge in [-0.05, 0) is 37.5 Å². The molecule has 1 amide bonds. The third-order valence-corrected chi connectivity index (χ3v) is 5.95. The van der Waals surface area contributed by atoms with E-state index < -0.39 is 10.0 Å². The zero-order valence-corrected chi connectivity index (χ0v) is 14.7. The van der Waals surface area contributed by atoms with E-state index in [1.807, 2.05) is 18.2 Å². The van der Waals surface area contributed by atoms with Gasteiger partial charge in [0.25, 0.3) is 0 Å². The largest absolute Gasteiger partial charge is 0.315 e. The van der Waals surface area contributed by atoms with E-state index >= 15 is 0 Å². The van der Waals surface area contributed by atoms with Crippen LogP contribution < -0.4 is 9.62 Å². The van der Waals surface area contributed by atoms with Gasteiger partial charge in [-0.1, -0.05) is 12.1 Å². The van der Waals surface area contributed by atoms with Crippen LogP contribution in [0, 0.1) is 13.8 Å². The summed E-state index contributed by atoms with van der Waals surface area (Å²) in [5.41, 5.74) is 3.78. The van der Waals surface area contributed by atoms with Crippen molar-refractivity contribution in [1.29, 1.82) is 0 Å². The molecule has 1 aliphatic rings. The number of aromatic amines is 1. The second kappa shape index (κ2) is 6.03. The van der Waals surface area contributed by atoms with Gasteiger partial charge in [-0.15, -0.1) is 0 Å². The van der Waals surface area contributed by atoms with Crippen LogP contribution in [0.4, 0.5) is 5.69 Å². The van der Waals surface area contributed by atoms with Crippen LogP contribution in [0.15, 0.2) is 23.1 Å². The van der Waals surface area contributed by atoms with Crippen molar-refractivity contribution in [2.24, 2.45) is 0 Å². The van der Waals surface area contributed by atoms with Crippen molar-refractivity contribution in [3.8, 4) is 0 Å². The smallest absolute Gasteiger partial charge is 0.244 e. The van der Waals surface area contributed by atoms with Gasteiger partial charge in [0, 0.05) is 25.7 Å². The van der Waals surface area contributed by atoms with Crippen LogP contribution in [0.3, 0.4) is 0 Å². The molecular formula is C16H20N4O3S. The van der Waals surface area contributed by atoms with Gasteiger partial charge >= 0.3 is 0 Å². The van der Waals surface area contributed by atoms with E-state index in [0.29, 0.717) is 24.2 Å². The molecule has 0 atom stereocenters. The van der Waals surface area contributed by atoms with Crippen molar-refractivity contribution in [3.05, 3.63) is 40.7 Å². The number of carbonyl (C=O) groups is 1. The highest BCUT2D eigenvalue weighted by Gasteiger charge is 2.23. The van der Waals surface area contributed by atoms with Gasteiger partial charge in [0.1, 0.15) is 4.90 Å². The highest BCUT2D eigenvalue weighted by atomic mass is 32.2. The molecule has 128 valence electrons. The fourth-order valence-electron chi connectivity index (χ4n) is 3.01. The second-order valence-electron chi connectivity index (χ2n) is 6.00. The summed E-state index contributed by atoms with van der Waals surface area (Å²) in [7, 11) is -1.87. The summed E-state index contributed by atoms with van der Waals surface area (Å²) >= 11 is 0. The van der Waals surface area contributed by atoms with Crippen molar-refractivity contribution >= 4 is 21.6 Å². The molecule has 1 aliphatic heterocycles. The Hall–Kier alpha value is -2.19. The third kappa shape index (κ3) is 2.94. The molecule has 0 aliphatic carbocycles. The zero-order chi connectivity index (χ0) is 17.5. The number of carbonyl (C=O) groups excluding carboxylic acids is 1. The number of anilines is 1. The molecule has 0 radical (unpaired) electrons. The van der Waals surface area contributed by atoms with Gasteiger partial charge in [-0.2, -0.15) is 5.10 Å². The lowest BCUT2D eigenvalue weighted by atomic mass is 9.99. The summed E-state index contributed by atoms with van der Waals surface area (Å²) in [4.78, 5) is 13.6. The first-order valence-corrected chi connectivity index (χ1v) is 9.17. The summed E-state index contributed by atoms with van der Waals surface area (Å²) in [6.45, 7) is 3.53. The quantitative estimate of drug-likeness (QED) is 0.873. The molecular weight excluding hydrogens is 328 g/mol. The highest BCUT2D eigenvalue weighted by Crippen LogP contribution is 2.27. The Morgan fingerprint density at radius 2 is 2.04 bits per heavy atom. The van der Waals surface area contributed by atoms with Crippen molar-refractivity contribution in [3.63, 3.8) is 0 Å². The minimum atomic E-state index is -3.63. The monoisotopic (exact) mass is 348 g/mol. The van der Waals surface area contributed by atoms with Gasteiger partial charge in [0.05, 0.1) is 11.4 Å². The molecule has 1 aromatic carbocycles. The van der Waals surface area contributed by atoms with Gasteiger partial charge < -0.3 is 4.90 Å². The molecule has 2 N–H and O–H groups in total. The number of benzene rings is 1. The Balaban J connectivity index is 1.79. The SMILES string of the molecule is Cc1n[nH]c(C)c1S(=O)(=O)NCc1ccc2c(c1)CCC(=O)N2C. The molecule has 0 bridgehead atoms. The standard InChI is InChI=1S/C16H20N4O3S/c1-10-16(11(2)19-18-10)24(22,23)17-9-12-4-6-14-13(8-12)5-7-15(21)20(14)3/h4,6,8,17H,5,7,9H2,1-3H3,(H,18,19). The minimum absolute atomic E-state index is 0.0989. The molecule has 7 nitrogen and oxygen atoms in total. The Morgan fingerprint density at radius 1 is 1.29 bits per heavy atom. The number of hydrogen-bond acceptors (Lipinski definition) is 4. The van der Waals surface area contributed by atoms with E-state index in [0.717, 1.165) is 16.8 Å². The highest BCUT2D eigenvalue weighted by molar-refractivity contribution is 7.89. The summed E-state index contributed by atoms with van der Waals surface area (Å²) < 4.78 is 27.6. The molecule has 0 spiro atoms. The molecule has 2 aromatic rings. The fraction of sp³-hybridized carbons (Fsp3) is 0.375. The van der Waals surface area contributed by atoms with Crippen LogP contribution in [-0.2, 0) is 27.8 Å². The average molecular weight is 348 g/mol. The number of H-pyrrole nitrogens is 1. The van der Waals surface area contributed by atoms with Crippen LogP contribution in [0.5, 0.6) is 0 Å². The minimum Gasteiger partial charge on any atom is -0.315 e. The number of nitrogens with one attached hydrogen (secondary N) is 2. The summed E-state index contributed by atoms with van der Waals surface area (Å²) in [6, 6.07) is 5.66. The zero-order valence-electron chi connectivity index (χ0n) is 13.9. The van der Waals surface area contributed by atoms with E-state index in [2.05, 4.69) is 14.9 Å². The number of fused-ring (bicyclic) bond motifs is 1. The maximum Gasteiger partial charge on any atom is 0.244 e. The first kappa shape index (κ1) is 16.7. The Kier molecular flexibility index (Phi) is 4.18. The number of nitrogens with zero attached hydrogens (tertiary/aromatic N) is 2. The Labute approximate surface area is 141 Å². The van der Waals surface area contributed by atoms with E-state index in [9.17, 15) is 13.2 Å². The molecule has 0 saturated heterocycles. The van der Waals surface area contributed by atoms with Crippen molar-refractivity contribution in [2.45, 2.75) is 38.1 Å². The van der Waals surface area contributed by atoms with Crippen LogP contribution in [0.25, 0.3) is 0 Å².